The molecule has 1 fully saturated rings. The molecule has 1 spiro atoms. The van der Waals surface area contributed by atoms with Gasteiger partial charge >= 0.3 is 6.18 Å². The second-order valence-electron chi connectivity index (χ2n) is 8.32. The number of benzene rings is 2. The molecule has 0 radical (unpaired) electrons. The van der Waals surface area contributed by atoms with Crippen molar-refractivity contribution in [2.75, 3.05) is 10.8 Å². The summed E-state index contributed by atoms with van der Waals surface area (Å²) in [5, 5.41) is 10.7. The fourth-order valence-corrected chi connectivity index (χ4v) is 6.30. The lowest BCUT2D eigenvalue weighted by molar-refractivity contribution is -0.138. The first-order chi connectivity index (χ1) is 14.9. The molecule has 32 heavy (non-hydrogen) atoms. The van der Waals surface area contributed by atoms with Gasteiger partial charge in [0.05, 0.1) is 16.8 Å². The number of aromatic hydroxyl groups is 1. The number of rotatable bonds is 3. The van der Waals surface area contributed by atoms with E-state index in [9.17, 15) is 31.1 Å². The van der Waals surface area contributed by atoms with Crippen LogP contribution >= 0.6 is 0 Å². The summed E-state index contributed by atoms with van der Waals surface area (Å²) < 4.78 is 79.9. The number of nitrogens with zero attached hydrogens (tertiary/aromatic N) is 2. The average molecular weight is 470 g/mol. The fourth-order valence-electron chi connectivity index (χ4n) is 4.62. The molecule has 1 N–H and O–H groups in total. The molecule has 0 bridgehead atoms. The first kappa shape index (κ1) is 22.6. The van der Waals surface area contributed by atoms with Crippen molar-refractivity contribution in [3.05, 3.63) is 70.9 Å². The predicted molar refractivity (Wildman–Crippen MR) is 112 cm³/mol. The van der Waals surface area contributed by atoms with E-state index in [1.54, 1.807) is 12.1 Å². The lowest BCUT2D eigenvalue weighted by Crippen LogP contribution is -2.56. The van der Waals surface area contributed by atoms with Crippen molar-refractivity contribution in [2.24, 2.45) is 0 Å². The Morgan fingerprint density at radius 3 is 2.59 bits per heavy atom. The zero-order valence-corrected chi connectivity index (χ0v) is 18.0. The number of phenols is 1. The Labute approximate surface area is 183 Å². The van der Waals surface area contributed by atoms with Gasteiger partial charge in [0.25, 0.3) is 10.0 Å². The summed E-state index contributed by atoms with van der Waals surface area (Å²) in [7, 11) is -3.78. The van der Waals surface area contributed by atoms with Crippen LogP contribution in [-0.2, 0) is 22.7 Å². The van der Waals surface area contributed by atoms with Gasteiger partial charge in [-0.25, -0.2) is 12.8 Å². The quantitative estimate of drug-likeness (QED) is 0.665. The summed E-state index contributed by atoms with van der Waals surface area (Å²) in [5.74, 6) is -1.36. The van der Waals surface area contributed by atoms with Gasteiger partial charge in [0, 0.05) is 24.5 Å². The first-order valence-electron chi connectivity index (χ1n) is 10.0. The van der Waals surface area contributed by atoms with E-state index in [0.29, 0.717) is 24.9 Å². The standard InChI is InChI=1S/C22H22F4N2O3S/c1-15-13-21(8-10-32(30,31)28(21)18-4-2-3-17(23)12-18)7-9-27(15)14-16-5-6-20(29)19(11-16)22(24,25)26/h2-6,8,10-12,15,29H,7,9,13-14H2,1H3/t15-,21-/m0/s1. The molecule has 4 rings (SSSR count). The molecule has 2 aliphatic rings. The summed E-state index contributed by atoms with van der Waals surface area (Å²) in [4.78, 5) is 1.97. The third-order valence-corrected chi connectivity index (χ3v) is 7.67. The second kappa shape index (κ2) is 7.77. The lowest BCUT2D eigenvalue weighted by Gasteiger charge is -2.47. The van der Waals surface area contributed by atoms with Gasteiger partial charge in [-0.1, -0.05) is 12.1 Å². The normalized spacial score (nSPS) is 25.5. The summed E-state index contributed by atoms with van der Waals surface area (Å²) in [6, 6.07) is 8.66. The van der Waals surface area contributed by atoms with Crippen molar-refractivity contribution in [1.29, 1.82) is 0 Å². The summed E-state index contributed by atoms with van der Waals surface area (Å²) >= 11 is 0. The topological polar surface area (TPSA) is 60.9 Å². The summed E-state index contributed by atoms with van der Waals surface area (Å²) in [6.07, 6.45) is -2.24. The molecule has 5 nitrogen and oxygen atoms in total. The highest BCUT2D eigenvalue weighted by atomic mass is 32.2. The number of piperidine rings is 1. The molecule has 2 aromatic carbocycles. The van der Waals surface area contributed by atoms with Crippen LogP contribution in [-0.4, -0.2) is 36.5 Å². The van der Waals surface area contributed by atoms with Crippen molar-refractivity contribution >= 4 is 15.7 Å². The molecule has 2 heterocycles. The van der Waals surface area contributed by atoms with Crippen LogP contribution in [0.15, 0.2) is 53.9 Å². The van der Waals surface area contributed by atoms with Gasteiger partial charge in [-0.05, 0) is 61.7 Å². The maximum atomic E-state index is 13.8. The van der Waals surface area contributed by atoms with Crippen LogP contribution in [0.1, 0.15) is 30.9 Å². The van der Waals surface area contributed by atoms with E-state index in [1.165, 1.54) is 28.6 Å². The van der Waals surface area contributed by atoms with Crippen LogP contribution < -0.4 is 4.31 Å². The average Bonchev–Trinajstić information content (AvgIpc) is 2.94. The number of hydrogen-bond donors (Lipinski definition) is 1. The highest BCUT2D eigenvalue weighted by molar-refractivity contribution is 7.96. The molecule has 0 unspecified atom stereocenters. The molecule has 172 valence electrons. The molecule has 2 atom stereocenters. The Morgan fingerprint density at radius 2 is 1.94 bits per heavy atom. The van der Waals surface area contributed by atoms with E-state index in [4.69, 9.17) is 0 Å². The molecule has 0 amide bonds. The van der Waals surface area contributed by atoms with E-state index < -0.39 is 38.9 Å². The van der Waals surface area contributed by atoms with E-state index >= 15 is 0 Å². The molecule has 0 aliphatic carbocycles. The molecule has 0 saturated carbocycles. The summed E-state index contributed by atoms with van der Waals surface area (Å²) in [6.45, 7) is 2.53. The number of likely N-dealkylation sites (tertiary alicyclic amines) is 1. The number of alkyl halides is 3. The van der Waals surface area contributed by atoms with Gasteiger partial charge < -0.3 is 5.11 Å². The van der Waals surface area contributed by atoms with E-state index in [1.807, 2.05) is 11.8 Å². The van der Waals surface area contributed by atoms with Crippen LogP contribution in [0, 0.1) is 5.82 Å². The highest BCUT2D eigenvalue weighted by Crippen LogP contribution is 2.44. The number of sulfonamides is 1. The van der Waals surface area contributed by atoms with Crippen LogP contribution in [0.25, 0.3) is 0 Å². The predicted octanol–water partition coefficient (Wildman–Crippen LogP) is 4.64. The van der Waals surface area contributed by atoms with Gasteiger partial charge in [0.2, 0.25) is 0 Å². The van der Waals surface area contributed by atoms with Gasteiger partial charge in [0.15, 0.2) is 0 Å². The zero-order valence-electron chi connectivity index (χ0n) is 17.2. The summed E-state index contributed by atoms with van der Waals surface area (Å²) in [5.41, 5.74) is -1.31. The van der Waals surface area contributed by atoms with Crippen LogP contribution in [0.4, 0.5) is 23.2 Å². The van der Waals surface area contributed by atoms with Gasteiger partial charge in [0.1, 0.15) is 11.6 Å². The molecule has 10 heteroatoms. The number of hydrogen-bond acceptors (Lipinski definition) is 4. The van der Waals surface area contributed by atoms with Crippen molar-refractivity contribution in [2.45, 2.75) is 44.1 Å². The number of anilines is 1. The number of phenolic OH excluding ortho intramolecular Hbond substituents is 1. The second-order valence-corrected chi connectivity index (χ2v) is 9.99. The van der Waals surface area contributed by atoms with Crippen molar-refractivity contribution in [3.63, 3.8) is 0 Å². The minimum Gasteiger partial charge on any atom is -0.507 e. The molecule has 0 aromatic heterocycles. The van der Waals surface area contributed by atoms with E-state index in [2.05, 4.69) is 0 Å². The minimum atomic E-state index is -4.66. The Kier molecular flexibility index (Phi) is 5.49. The van der Waals surface area contributed by atoms with Crippen molar-refractivity contribution < 1.29 is 31.1 Å². The molecular formula is C22H22F4N2O3S. The third-order valence-electron chi connectivity index (χ3n) is 6.11. The Morgan fingerprint density at radius 1 is 1.19 bits per heavy atom. The van der Waals surface area contributed by atoms with Gasteiger partial charge in [-0.15, -0.1) is 0 Å². The third kappa shape index (κ3) is 4.09. The Bertz CT molecular complexity index is 1170. The largest absolute Gasteiger partial charge is 0.507 e. The lowest BCUT2D eigenvalue weighted by atomic mass is 9.83. The van der Waals surface area contributed by atoms with E-state index in [0.717, 1.165) is 17.5 Å². The smallest absolute Gasteiger partial charge is 0.419 e. The maximum absolute atomic E-state index is 13.8. The molecule has 2 aromatic rings. The van der Waals surface area contributed by atoms with E-state index in [-0.39, 0.29) is 18.3 Å². The molecule has 2 aliphatic heterocycles. The monoisotopic (exact) mass is 470 g/mol. The van der Waals surface area contributed by atoms with Crippen molar-refractivity contribution in [3.8, 4) is 5.75 Å². The fraction of sp³-hybridized carbons (Fsp3) is 0.364. The van der Waals surface area contributed by atoms with Crippen molar-refractivity contribution in [1.82, 2.24) is 4.90 Å². The Hall–Kier alpha value is -2.59. The van der Waals surface area contributed by atoms with Crippen LogP contribution in [0.3, 0.4) is 0 Å². The zero-order chi connectivity index (χ0) is 23.3. The van der Waals surface area contributed by atoms with Gasteiger partial charge in [-0.3, -0.25) is 9.21 Å². The Balaban J connectivity index is 1.57. The van der Waals surface area contributed by atoms with Gasteiger partial charge in [-0.2, -0.15) is 13.2 Å². The SMILES string of the molecule is C[C@H]1C[C@@]2(C=CS(=O)(=O)N2c2cccc(F)c2)CCN1Cc1ccc(O)c(C(F)(F)F)c1. The highest BCUT2D eigenvalue weighted by Gasteiger charge is 2.49. The minimum absolute atomic E-state index is 0.166. The molecular weight excluding hydrogens is 448 g/mol. The maximum Gasteiger partial charge on any atom is 0.419 e. The first-order valence-corrected chi connectivity index (χ1v) is 11.5. The van der Waals surface area contributed by atoms with Crippen LogP contribution in [0.5, 0.6) is 5.75 Å². The number of halogens is 4. The molecule has 1 saturated heterocycles. The van der Waals surface area contributed by atoms with Crippen LogP contribution in [0.2, 0.25) is 0 Å².